The Bertz CT molecular complexity index is 1060. The highest BCUT2D eigenvalue weighted by Crippen LogP contribution is 2.14. The molecule has 0 heterocycles. The van der Waals surface area contributed by atoms with Crippen molar-refractivity contribution in [2.45, 2.75) is 25.8 Å². The molecule has 3 aromatic rings. The van der Waals surface area contributed by atoms with E-state index in [0.29, 0.717) is 24.5 Å². The molecule has 0 unspecified atom stereocenters. The van der Waals surface area contributed by atoms with E-state index in [9.17, 15) is 14.4 Å². The average molecular weight is 446 g/mol. The molecule has 170 valence electrons. The maximum absolute atomic E-state index is 12.3. The SMILES string of the molecule is O=C(CCC(=O)NNC(=O)c1cccc(OCCc2ccccc2)c1)NCc1ccccc1. The zero-order valence-corrected chi connectivity index (χ0v) is 18.3. The van der Waals surface area contributed by atoms with Gasteiger partial charge in [0.2, 0.25) is 11.8 Å². The number of ether oxygens (including phenoxy) is 1. The van der Waals surface area contributed by atoms with Crippen molar-refractivity contribution in [1.82, 2.24) is 16.2 Å². The molecule has 3 amide bonds. The van der Waals surface area contributed by atoms with Crippen LogP contribution in [0.3, 0.4) is 0 Å². The van der Waals surface area contributed by atoms with E-state index in [1.807, 2.05) is 60.7 Å². The average Bonchev–Trinajstić information content (AvgIpc) is 2.86. The van der Waals surface area contributed by atoms with Gasteiger partial charge in [0.1, 0.15) is 5.75 Å². The maximum Gasteiger partial charge on any atom is 0.269 e. The lowest BCUT2D eigenvalue weighted by Crippen LogP contribution is -2.42. The van der Waals surface area contributed by atoms with Gasteiger partial charge in [0.25, 0.3) is 5.91 Å². The molecule has 0 saturated carbocycles. The minimum atomic E-state index is -0.467. The lowest BCUT2D eigenvalue weighted by Gasteiger charge is -2.10. The first-order valence-electron chi connectivity index (χ1n) is 10.8. The molecule has 7 heteroatoms. The summed E-state index contributed by atoms with van der Waals surface area (Å²) >= 11 is 0. The quantitative estimate of drug-likeness (QED) is 0.418. The van der Waals surface area contributed by atoms with E-state index in [1.165, 1.54) is 5.56 Å². The van der Waals surface area contributed by atoms with Crippen LogP contribution in [0.1, 0.15) is 34.3 Å². The topological polar surface area (TPSA) is 96.5 Å². The Hall–Kier alpha value is -4.13. The molecule has 33 heavy (non-hydrogen) atoms. The lowest BCUT2D eigenvalue weighted by atomic mass is 10.2. The minimum absolute atomic E-state index is 0.0271. The third-order valence-electron chi connectivity index (χ3n) is 4.83. The number of amides is 3. The number of hydrazine groups is 1. The van der Waals surface area contributed by atoms with Gasteiger partial charge in [0.15, 0.2) is 0 Å². The maximum atomic E-state index is 12.3. The summed E-state index contributed by atoms with van der Waals surface area (Å²) in [4.78, 5) is 36.2. The summed E-state index contributed by atoms with van der Waals surface area (Å²) in [5, 5.41) is 2.76. The van der Waals surface area contributed by atoms with Crippen LogP contribution in [-0.4, -0.2) is 24.3 Å². The summed E-state index contributed by atoms with van der Waals surface area (Å²) in [6.45, 7) is 0.889. The van der Waals surface area contributed by atoms with Crippen LogP contribution in [-0.2, 0) is 22.6 Å². The number of rotatable bonds is 10. The summed E-state index contributed by atoms with van der Waals surface area (Å²) in [6.07, 6.45) is 0.745. The van der Waals surface area contributed by atoms with Crippen LogP contribution in [0.15, 0.2) is 84.9 Å². The van der Waals surface area contributed by atoms with Gasteiger partial charge in [0.05, 0.1) is 6.61 Å². The fourth-order valence-corrected chi connectivity index (χ4v) is 3.03. The van der Waals surface area contributed by atoms with Crippen LogP contribution in [0.2, 0.25) is 0 Å². The molecule has 0 aliphatic rings. The van der Waals surface area contributed by atoms with Crippen molar-refractivity contribution in [1.29, 1.82) is 0 Å². The molecular formula is C26H27N3O4. The van der Waals surface area contributed by atoms with Crippen molar-refractivity contribution in [2.24, 2.45) is 0 Å². The Morgan fingerprint density at radius 1 is 0.697 bits per heavy atom. The van der Waals surface area contributed by atoms with E-state index in [0.717, 1.165) is 12.0 Å². The Morgan fingerprint density at radius 2 is 1.36 bits per heavy atom. The molecule has 7 nitrogen and oxygen atoms in total. The Balaban J connectivity index is 1.35. The van der Waals surface area contributed by atoms with Crippen molar-refractivity contribution in [3.63, 3.8) is 0 Å². The second kappa shape index (κ2) is 12.7. The molecule has 0 radical (unpaired) electrons. The number of carbonyl (C=O) groups is 3. The highest BCUT2D eigenvalue weighted by molar-refractivity contribution is 5.96. The second-order valence-corrected chi connectivity index (χ2v) is 7.38. The summed E-state index contributed by atoms with van der Waals surface area (Å²) in [7, 11) is 0. The van der Waals surface area contributed by atoms with Crippen molar-refractivity contribution in [2.75, 3.05) is 6.61 Å². The van der Waals surface area contributed by atoms with Crippen molar-refractivity contribution in [3.05, 3.63) is 102 Å². The molecule has 0 aromatic heterocycles. The normalized spacial score (nSPS) is 10.2. The van der Waals surface area contributed by atoms with Crippen LogP contribution in [0, 0.1) is 0 Å². The minimum Gasteiger partial charge on any atom is -0.493 e. The van der Waals surface area contributed by atoms with Gasteiger partial charge in [-0.2, -0.15) is 0 Å². The number of hydrogen-bond acceptors (Lipinski definition) is 4. The molecule has 0 bridgehead atoms. The smallest absolute Gasteiger partial charge is 0.269 e. The first kappa shape index (κ1) is 23.5. The predicted octanol–water partition coefficient (Wildman–Crippen LogP) is 3.17. The Morgan fingerprint density at radius 3 is 2.09 bits per heavy atom. The highest BCUT2D eigenvalue weighted by atomic mass is 16.5. The number of nitrogens with one attached hydrogen (secondary N) is 3. The van der Waals surface area contributed by atoms with Gasteiger partial charge < -0.3 is 10.1 Å². The molecule has 0 atom stereocenters. The van der Waals surface area contributed by atoms with Gasteiger partial charge in [-0.05, 0) is 29.3 Å². The molecule has 0 saturated heterocycles. The van der Waals surface area contributed by atoms with Crippen LogP contribution >= 0.6 is 0 Å². The summed E-state index contributed by atoms with van der Waals surface area (Å²) in [6, 6.07) is 26.2. The van der Waals surface area contributed by atoms with Crippen molar-refractivity contribution < 1.29 is 19.1 Å². The number of hydrogen-bond donors (Lipinski definition) is 3. The van der Waals surface area contributed by atoms with E-state index in [4.69, 9.17) is 4.74 Å². The van der Waals surface area contributed by atoms with Crippen LogP contribution < -0.4 is 20.9 Å². The summed E-state index contributed by atoms with van der Waals surface area (Å²) in [5.74, 6) is -0.584. The second-order valence-electron chi connectivity index (χ2n) is 7.38. The third kappa shape index (κ3) is 8.49. The Labute approximate surface area is 193 Å². The van der Waals surface area contributed by atoms with E-state index in [-0.39, 0.29) is 18.7 Å². The van der Waals surface area contributed by atoms with Gasteiger partial charge in [-0.1, -0.05) is 66.7 Å². The molecule has 0 spiro atoms. The van der Waals surface area contributed by atoms with Gasteiger partial charge in [-0.25, -0.2) is 0 Å². The molecule has 3 aromatic carbocycles. The highest BCUT2D eigenvalue weighted by Gasteiger charge is 2.10. The fraction of sp³-hybridized carbons (Fsp3) is 0.192. The monoisotopic (exact) mass is 445 g/mol. The van der Waals surface area contributed by atoms with Gasteiger partial charge in [0, 0.05) is 31.4 Å². The van der Waals surface area contributed by atoms with E-state index in [2.05, 4.69) is 16.2 Å². The van der Waals surface area contributed by atoms with Gasteiger partial charge in [-0.15, -0.1) is 0 Å². The van der Waals surface area contributed by atoms with E-state index < -0.39 is 11.8 Å². The van der Waals surface area contributed by atoms with Crippen molar-refractivity contribution in [3.8, 4) is 5.75 Å². The Kier molecular flexibility index (Phi) is 9.03. The fourth-order valence-electron chi connectivity index (χ4n) is 3.03. The molecule has 3 rings (SSSR count). The molecular weight excluding hydrogens is 418 g/mol. The van der Waals surface area contributed by atoms with Gasteiger partial charge in [-0.3, -0.25) is 25.2 Å². The van der Waals surface area contributed by atoms with E-state index >= 15 is 0 Å². The molecule has 0 aliphatic carbocycles. The van der Waals surface area contributed by atoms with Crippen LogP contribution in [0.25, 0.3) is 0 Å². The van der Waals surface area contributed by atoms with Crippen molar-refractivity contribution >= 4 is 17.7 Å². The largest absolute Gasteiger partial charge is 0.493 e. The molecule has 0 aliphatic heterocycles. The lowest BCUT2D eigenvalue weighted by molar-refractivity contribution is -0.126. The van der Waals surface area contributed by atoms with Crippen LogP contribution in [0.5, 0.6) is 5.75 Å². The predicted molar refractivity (Wildman–Crippen MR) is 125 cm³/mol. The summed E-state index contributed by atoms with van der Waals surface area (Å²) < 4.78 is 5.73. The first-order chi connectivity index (χ1) is 16.1. The zero-order chi connectivity index (χ0) is 23.3. The van der Waals surface area contributed by atoms with Crippen LogP contribution in [0.4, 0.5) is 0 Å². The van der Waals surface area contributed by atoms with E-state index in [1.54, 1.807) is 24.3 Å². The number of benzene rings is 3. The summed E-state index contributed by atoms with van der Waals surface area (Å²) in [5.41, 5.74) is 7.20. The number of carbonyl (C=O) groups excluding carboxylic acids is 3. The van der Waals surface area contributed by atoms with Gasteiger partial charge >= 0.3 is 0 Å². The standard InChI is InChI=1S/C26H27N3O4/c30-24(27-19-21-10-5-2-6-11-21)14-15-25(31)28-29-26(32)22-12-7-13-23(18-22)33-17-16-20-8-3-1-4-9-20/h1-13,18H,14-17,19H2,(H,27,30)(H,28,31)(H,29,32). The third-order valence-corrected chi connectivity index (χ3v) is 4.83. The molecule has 0 fully saturated rings. The first-order valence-corrected chi connectivity index (χ1v) is 10.8. The molecule has 3 N–H and O–H groups in total. The zero-order valence-electron chi connectivity index (χ0n) is 18.3.